The molecule has 0 amide bonds. The van der Waals surface area contributed by atoms with Gasteiger partial charge in [0.25, 0.3) is 0 Å². The molecule has 0 bridgehead atoms. The Morgan fingerprint density at radius 2 is 1.68 bits per heavy atom. The van der Waals surface area contributed by atoms with E-state index in [1.807, 2.05) is 6.07 Å². The van der Waals surface area contributed by atoms with Crippen LogP contribution in [0.3, 0.4) is 0 Å². The third-order valence-electron chi connectivity index (χ3n) is 2.56. The Labute approximate surface area is 120 Å². The van der Waals surface area contributed by atoms with Crippen molar-refractivity contribution in [2.45, 2.75) is 6.42 Å². The highest BCUT2D eigenvalue weighted by Gasteiger charge is 2.09. The molecule has 0 saturated carbocycles. The van der Waals surface area contributed by atoms with Crippen molar-refractivity contribution in [1.82, 2.24) is 0 Å². The van der Waals surface area contributed by atoms with Crippen molar-refractivity contribution in [3.05, 3.63) is 57.8 Å². The molecule has 0 radical (unpaired) electrons. The summed E-state index contributed by atoms with van der Waals surface area (Å²) in [5.74, 6) is 0.0790. The van der Waals surface area contributed by atoms with Crippen LogP contribution >= 0.6 is 23.2 Å². The van der Waals surface area contributed by atoms with Crippen molar-refractivity contribution in [3.8, 4) is 11.5 Å². The van der Waals surface area contributed by atoms with Gasteiger partial charge < -0.3 is 10.5 Å². The van der Waals surface area contributed by atoms with Gasteiger partial charge in [-0.25, -0.2) is 4.39 Å². The first-order valence-electron chi connectivity index (χ1n) is 5.71. The summed E-state index contributed by atoms with van der Waals surface area (Å²) in [6.07, 6.45) is 0.627. The van der Waals surface area contributed by atoms with Crippen LogP contribution in [0.25, 0.3) is 0 Å². The summed E-state index contributed by atoms with van der Waals surface area (Å²) in [4.78, 5) is 0. The van der Waals surface area contributed by atoms with E-state index >= 15 is 0 Å². The van der Waals surface area contributed by atoms with E-state index in [2.05, 4.69) is 0 Å². The van der Waals surface area contributed by atoms with E-state index in [9.17, 15) is 4.39 Å². The molecule has 5 heteroatoms. The van der Waals surface area contributed by atoms with Gasteiger partial charge in [-0.05, 0) is 48.9 Å². The fraction of sp³-hybridized carbons (Fsp3) is 0.143. The van der Waals surface area contributed by atoms with Gasteiger partial charge in [-0.1, -0.05) is 29.3 Å². The summed E-state index contributed by atoms with van der Waals surface area (Å²) in [5, 5.41) is 0.836. The Morgan fingerprint density at radius 1 is 1.00 bits per heavy atom. The maximum atomic E-state index is 13.7. The Bertz CT molecular complexity index is 590. The van der Waals surface area contributed by atoms with Gasteiger partial charge >= 0.3 is 0 Å². The normalized spacial score (nSPS) is 10.5. The van der Waals surface area contributed by atoms with E-state index in [0.29, 0.717) is 28.8 Å². The fourth-order valence-electron chi connectivity index (χ4n) is 1.66. The Hall–Kier alpha value is -1.29. The zero-order valence-corrected chi connectivity index (χ0v) is 11.5. The van der Waals surface area contributed by atoms with E-state index in [-0.39, 0.29) is 5.75 Å². The molecule has 0 unspecified atom stereocenters. The minimum atomic E-state index is -0.522. The summed E-state index contributed by atoms with van der Waals surface area (Å²) in [6.45, 7) is 0.473. The highest BCUT2D eigenvalue weighted by Crippen LogP contribution is 2.31. The van der Waals surface area contributed by atoms with Crippen LogP contribution in [-0.4, -0.2) is 6.54 Å². The van der Waals surface area contributed by atoms with Crippen molar-refractivity contribution < 1.29 is 9.13 Å². The minimum Gasteiger partial charge on any atom is -0.454 e. The van der Waals surface area contributed by atoms with Crippen LogP contribution in [0.2, 0.25) is 10.0 Å². The second kappa shape index (κ2) is 6.24. The van der Waals surface area contributed by atoms with E-state index in [1.165, 1.54) is 12.1 Å². The van der Waals surface area contributed by atoms with Crippen LogP contribution in [-0.2, 0) is 6.42 Å². The van der Waals surface area contributed by atoms with Crippen LogP contribution in [0.4, 0.5) is 4.39 Å². The molecular weight excluding hydrogens is 288 g/mol. The first-order chi connectivity index (χ1) is 9.10. The van der Waals surface area contributed by atoms with Crippen molar-refractivity contribution in [1.29, 1.82) is 0 Å². The summed E-state index contributed by atoms with van der Waals surface area (Å²) < 4.78 is 19.2. The first-order valence-corrected chi connectivity index (χ1v) is 6.47. The lowest BCUT2D eigenvalue weighted by Crippen LogP contribution is -2.04. The van der Waals surface area contributed by atoms with Gasteiger partial charge in [-0.3, -0.25) is 0 Å². The topological polar surface area (TPSA) is 35.2 Å². The van der Waals surface area contributed by atoms with Gasteiger partial charge in [0.05, 0.1) is 0 Å². The highest BCUT2D eigenvalue weighted by molar-refractivity contribution is 6.31. The zero-order chi connectivity index (χ0) is 13.8. The lowest BCUT2D eigenvalue weighted by Gasteiger charge is -2.12. The molecule has 0 aromatic heterocycles. The standard InChI is InChI=1S/C14H12Cl2FNO/c15-10-3-4-13(12(17)7-10)19-14-8-11(16)2-1-9(14)5-6-18/h1-4,7-8H,5-6,18H2. The number of halogens is 3. The summed E-state index contributed by atoms with van der Waals surface area (Å²) in [5.41, 5.74) is 6.41. The van der Waals surface area contributed by atoms with Crippen molar-refractivity contribution in [3.63, 3.8) is 0 Å². The zero-order valence-electron chi connectivity index (χ0n) is 10.00. The van der Waals surface area contributed by atoms with E-state index in [1.54, 1.807) is 18.2 Å². The van der Waals surface area contributed by atoms with Crippen LogP contribution in [0, 0.1) is 5.82 Å². The van der Waals surface area contributed by atoms with Crippen molar-refractivity contribution in [2.75, 3.05) is 6.54 Å². The number of hydrogen-bond acceptors (Lipinski definition) is 2. The molecule has 2 aromatic carbocycles. The molecule has 2 N–H and O–H groups in total. The molecule has 2 rings (SSSR count). The molecule has 0 aliphatic rings. The van der Waals surface area contributed by atoms with E-state index in [4.69, 9.17) is 33.7 Å². The fourth-order valence-corrected chi connectivity index (χ4v) is 1.98. The molecule has 2 nitrogen and oxygen atoms in total. The molecular formula is C14H12Cl2FNO. The third-order valence-corrected chi connectivity index (χ3v) is 3.03. The molecule has 100 valence electrons. The maximum absolute atomic E-state index is 13.7. The van der Waals surface area contributed by atoms with Gasteiger partial charge in [0.1, 0.15) is 5.75 Å². The van der Waals surface area contributed by atoms with Crippen LogP contribution in [0.1, 0.15) is 5.56 Å². The second-order valence-corrected chi connectivity index (χ2v) is 4.84. The van der Waals surface area contributed by atoms with Gasteiger partial charge in [0.2, 0.25) is 0 Å². The SMILES string of the molecule is NCCc1ccc(Cl)cc1Oc1ccc(Cl)cc1F. The summed E-state index contributed by atoms with van der Waals surface area (Å²) >= 11 is 11.6. The largest absolute Gasteiger partial charge is 0.454 e. The number of hydrogen-bond donors (Lipinski definition) is 1. The molecule has 0 fully saturated rings. The van der Waals surface area contributed by atoms with E-state index < -0.39 is 5.82 Å². The second-order valence-electron chi connectivity index (χ2n) is 3.97. The van der Waals surface area contributed by atoms with Crippen LogP contribution in [0.5, 0.6) is 11.5 Å². The molecule has 0 atom stereocenters. The minimum absolute atomic E-state index is 0.102. The molecule has 0 aliphatic carbocycles. The molecule has 0 saturated heterocycles. The van der Waals surface area contributed by atoms with E-state index in [0.717, 1.165) is 5.56 Å². The molecule has 2 aromatic rings. The summed E-state index contributed by atoms with van der Waals surface area (Å²) in [6, 6.07) is 9.44. The molecule has 19 heavy (non-hydrogen) atoms. The predicted octanol–water partition coefficient (Wildman–Crippen LogP) is 4.43. The van der Waals surface area contributed by atoms with Crippen LogP contribution < -0.4 is 10.5 Å². The Balaban J connectivity index is 2.33. The van der Waals surface area contributed by atoms with Gasteiger partial charge in [0.15, 0.2) is 11.6 Å². The highest BCUT2D eigenvalue weighted by atomic mass is 35.5. The van der Waals surface area contributed by atoms with Gasteiger partial charge in [0, 0.05) is 10.0 Å². The third kappa shape index (κ3) is 3.60. The average molecular weight is 300 g/mol. The maximum Gasteiger partial charge on any atom is 0.167 e. The molecule has 0 spiro atoms. The average Bonchev–Trinajstić information content (AvgIpc) is 2.36. The summed E-state index contributed by atoms with van der Waals surface area (Å²) in [7, 11) is 0. The number of benzene rings is 2. The smallest absolute Gasteiger partial charge is 0.167 e. The number of nitrogens with two attached hydrogens (primary N) is 1. The number of rotatable bonds is 4. The Morgan fingerprint density at radius 3 is 2.37 bits per heavy atom. The lowest BCUT2D eigenvalue weighted by molar-refractivity contribution is 0.438. The monoisotopic (exact) mass is 299 g/mol. The van der Waals surface area contributed by atoms with Crippen LogP contribution in [0.15, 0.2) is 36.4 Å². The lowest BCUT2D eigenvalue weighted by atomic mass is 10.1. The first kappa shape index (κ1) is 14.1. The van der Waals surface area contributed by atoms with Gasteiger partial charge in [-0.15, -0.1) is 0 Å². The predicted molar refractivity (Wildman–Crippen MR) is 75.7 cm³/mol. The van der Waals surface area contributed by atoms with Gasteiger partial charge in [-0.2, -0.15) is 0 Å². The van der Waals surface area contributed by atoms with Crippen molar-refractivity contribution >= 4 is 23.2 Å². The Kier molecular flexibility index (Phi) is 4.64. The number of ether oxygens (including phenoxy) is 1. The quantitative estimate of drug-likeness (QED) is 0.906. The van der Waals surface area contributed by atoms with Crippen molar-refractivity contribution in [2.24, 2.45) is 5.73 Å². The molecule has 0 aliphatic heterocycles. The molecule has 0 heterocycles.